The van der Waals surface area contributed by atoms with E-state index in [1.165, 1.54) is 5.56 Å². The molecule has 1 aliphatic heterocycles. The molecule has 5 rings (SSSR count). The normalized spacial score (nSPS) is 14.4. The van der Waals surface area contributed by atoms with E-state index >= 15 is 0 Å². The van der Waals surface area contributed by atoms with Crippen LogP contribution in [-0.2, 0) is 24.3 Å². The van der Waals surface area contributed by atoms with Crippen LogP contribution >= 0.6 is 11.8 Å². The van der Waals surface area contributed by atoms with Gasteiger partial charge in [-0.2, -0.15) is 0 Å². The minimum absolute atomic E-state index is 0.0409. The molecule has 0 saturated heterocycles. The second-order valence-corrected chi connectivity index (χ2v) is 9.41. The lowest BCUT2D eigenvalue weighted by atomic mass is 10.1. The topological polar surface area (TPSA) is 68.9 Å². The first-order chi connectivity index (χ1) is 15.6. The number of nitrogens with zero attached hydrogens (tertiary/aromatic N) is 3. The van der Waals surface area contributed by atoms with Gasteiger partial charge < -0.3 is 9.88 Å². The lowest BCUT2D eigenvalue weighted by Gasteiger charge is -2.17. The number of hydrogen-bond donors (Lipinski definition) is 1. The fourth-order valence-electron chi connectivity index (χ4n) is 4.41. The molecule has 2 aromatic carbocycles. The highest BCUT2D eigenvalue weighted by molar-refractivity contribution is 7.99. The summed E-state index contributed by atoms with van der Waals surface area (Å²) in [6.07, 6.45) is 2.72. The van der Waals surface area contributed by atoms with E-state index in [0.717, 1.165) is 41.1 Å². The summed E-state index contributed by atoms with van der Waals surface area (Å²) < 4.78 is 3.60. The third-order valence-electron chi connectivity index (χ3n) is 6.01. The standard InChI is InChI=1S/C25H26N4O2S/c1-17(12-13-18-8-3-2-4-9-18)26-21(30)16-29-20-11-6-5-10-19(20)22-23(29)24(31)28-14-7-15-32-25(28)27-22/h2-6,8-11,17H,7,12-16H2,1H3,(H,26,30)/t17-/m0/s1. The van der Waals surface area contributed by atoms with Crippen LogP contribution in [0.25, 0.3) is 21.9 Å². The van der Waals surface area contributed by atoms with E-state index in [1.54, 1.807) is 16.3 Å². The highest BCUT2D eigenvalue weighted by Crippen LogP contribution is 2.29. The molecule has 164 valence electrons. The molecule has 0 spiro atoms. The van der Waals surface area contributed by atoms with Gasteiger partial charge in [-0.15, -0.1) is 0 Å². The van der Waals surface area contributed by atoms with Gasteiger partial charge in [0.25, 0.3) is 5.56 Å². The van der Waals surface area contributed by atoms with Crippen LogP contribution in [0.1, 0.15) is 25.3 Å². The first-order valence-electron chi connectivity index (χ1n) is 11.1. The average Bonchev–Trinajstić information content (AvgIpc) is 3.12. The Hall–Kier alpha value is -3.06. The van der Waals surface area contributed by atoms with Crippen LogP contribution in [-0.4, -0.2) is 31.8 Å². The van der Waals surface area contributed by atoms with Crippen molar-refractivity contribution in [3.63, 3.8) is 0 Å². The monoisotopic (exact) mass is 446 g/mol. The van der Waals surface area contributed by atoms with Gasteiger partial charge >= 0.3 is 0 Å². The number of aryl methyl sites for hydroxylation is 1. The molecule has 32 heavy (non-hydrogen) atoms. The summed E-state index contributed by atoms with van der Waals surface area (Å²) in [6.45, 7) is 2.80. The van der Waals surface area contributed by atoms with Crippen molar-refractivity contribution in [1.29, 1.82) is 0 Å². The second kappa shape index (κ2) is 8.82. The summed E-state index contributed by atoms with van der Waals surface area (Å²) in [4.78, 5) is 31.2. The maximum atomic E-state index is 13.4. The summed E-state index contributed by atoms with van der Waals surface area (Å²) in [7, 11) is 0. The number of carbonyl (C=O) groups excluding carboxylic acids is 1. The third kappa shape index (κ3) is 3.93. The van der Waals surface area contributed by atoms with Crippen LogP contribution in [0.2, 0.25) is 0 Å². The Morgan fingerprint density at radius 2 is 1.94 bits per heavy atom. The Balaban J connectivity index is 1.43. The average molecular weight is 447 g/mol. The molecule has 7 heteroatoms. The molecule has 0 unspecified atom stereocenters. The molecule has 0 saturated carbocycles. The molecule has 0 bridgehead atoms. The van der Waals surface area contributed by atoms with Crippen LogP contribution in [0.4, 0.5) is 0 Å². The number of aromatic nitrogens is 3. The van der Waals surface area contributed by atoms with Crippen molar-refractivity contribution in [3.8, 4) is 0 Å². The summed E-state index contributed by atoms with van der Waals surface area (Å²) in [5, 5.41) is 4.80. The summed E-state index contributed by atoms with van der Waals surface area (Å²) >= 11 is 1.62. The fourth-order valence-corrected chi connectivity index (χ4v) is 5.35. The zero-order chi connectivity index (χ0) is 22.1. The molecule has 4 aromatic rings. The first kappa shape index (κ1) is 20.8. The molecule has 1 N–H and O–H groups in total. The van der Waals surface area contributed by atoms with E-state index in [4.69, 9.17) is 4.98 Å². The maximum Gasteiger partial charge on any atom is 0.278 e. The third-order valence-corrected chi connectivity index (χ3v) is 7.07. The highest BCUT2D eigenvalue weighted by Gasteiger charge is 2.22. The van der Waals surface area contributed by atoms with Crippen LogP contribution in [0.5, 0.6) is 0 Å². The van der Waals surface area contributed by atoms with Gasteiger partial charge in [0.2, 0.25) is 5.91 Å². The van der Waals surface area contributed by atoms with Crippen molar-refractivity contribution in [2.45, 2.75) is 50.5 Å². The number of rotatable bonds is 6. The number of carbonyl (C=O) groups is 1. The number of nitrogens with one attached hydrogen (secondary N) is 1. The van der Waals surface area contributed by atoms with Gasteiger partial charge in [-0.05, 0) is 37.8 Å². The summed E-state index contributed by atoms with van der Waals surface area (Å²) in [5.74, 6) is 0.879. The van der Waals surface area contributed by atoms with Crippen LogP contribution < -0.4 is 10.9 Å². The number of hydrogen-bond acceptors (Lipinski definition) is 4. The van der Waals surface area contributed by atoms with Gasteiger partial charge in [-0.3, -0.25) is 14.2 Å². The van der Waals surface area contributed by atoms with Gasteiger partial charge in [-0.1, -0.05) is 60.3 Å². The van der Waals surface area contributed by atoms with Crippen molar-refractivity contribution >= 4 is 39.6 Å². The Morgan fingerprint density at radius 3 is 2.78 bits per heavy atom. The quantitative estimate of drug-likeness (QED) is 0.455. The number of benzene rings is 2. The largest absolute Gasteiger partial charge is 0.352 e. The van der Waals surface area contributed by atoms with Gasteiger partial charge in [0.15, 0.2) is 5.16 Å². The number of para-hydroxylation sites is 1. The molecule has 2 aromatic heterocycles. The SMILES string of the molecule is C[C@@H](CCc1ccccc1)NC(=O)Cn1c2ccccc2c2nc3n(c(=O)c21)CCCS3. The second-order valence-electron chi connectivity index (χ2n) is 8.35. The summed E-state index contributed by atoms with van der Waals surface area (Å²) in [6, 6.07) is 18.1. The smallest absolute Gasteiger partial charge is 0.278 e. The highest BCUT2D eigenvalue weighted by atomic mass is 32.2. The van der Waals surface area contributed by atoms with Gasteiger partial charge in [0.05, 0.1) is 5.52 Å². The molecule has 3 heterocycles. The molecule has 0 fully saturated rings. The summed E-state index contributed by atoms with van der Waals surface area (Å²) in [5.41, 5.74) is 3.28. The molecule has 1 amide bonds. The Morgan fingerprint density at radius 1 is 1.16 bits per heavy atom. The lowest BCUT2D eigenvalue weighted by Crippen LogP contribution is -2.36. The molecule has 0 aliphatic carbocycles. The van der Waals surface area contributed by atoms with Crippen LogP contribution in [0.3, 0.4) is 0 Å². The molecule has 1 atom stereocenters. The minimum Gasteiger partial charge on any atom is -0.352 e. The molecular weight excluding hydrogens is 420 g/mol. The molecule has 0 radical (unpaired) electrons. The van der Waals surface area contributed by atoms with E-state index in [9.17, 15) is 9.59 Å². The van der Waals surface area contributed by atoms with Crippen LogP contribution in [0.15, 0.2) is 64.5 Å². The van der Waals surface area contributed by atoms with Crippen molar-refractivity contribution in [3.05, 3.63) is 70.5 Å². The van der Waals surface area contributed by atoms with E-state index < -0.39 is 0 Å². The molecule has 6 nitrogen and oxygen atoms in total. The van der Waals surface area contributed by atoms with E-state index in [1.807, 2.05) is 54.0 Å². The number of thioether (sulfide) groups is 1. The van der Waals surface area contributed by atoms with Crippen LogP contribution in [0, 0.1) is 0 Å². The van der Waals surface area contributed by atoms with Gasteiger partial charge in [-0.25, -0.2) is 4.98 Å². The van der Waals surface area contributed by atoms with E-state index in [-0.39, 0.29) is 24.1 Å². The Bertz CT molecular complexity index is 1340. The Kier molecular flexibility index (Phi) is 5.74. The zero-order valence-corrected chi connectivity index (χ0v) is 18.9. The van der Waals surface area contributed by atoms with E-state index in [2.05, 4.69) is 17.4 Å². The lowest BCUT2D eigenvalue weighted by molar-refractivity contribution is -0.122. The van der Waals surface area contributed by atoms with Gasteiger partial charge in [0.1, 0.15) is 17.6 Å². The van der Waals surface area contributed by atoms with E-state index in [0.29, 0.717) is 17.6 Å². The van der Waals surface area contributed by atoms with Crippen molar-refractivity contribution in [1.82, 2.24) is 19.4 Å². The minimum atomic E-state index is -0.0929. The van der Waals surface area contributed by atoms with Gasteiger partial charge in [0, 0.05) is 23.7 Å². The Labute approximate surface area is 190 Å². The number of amides is 1. The first-order valence-corrected chi connectivity index (χ1v) is 12.1. The molecular formula is C25H26N4O2S. The van der Waals surface area contributed by atoms with Crippen molar-refractivity contribution in [2.24, 2.45) is 0 Å². The fraction of sp³-hybridized carbons (Fsp3) is 0.320. The zero-order valence-electron chi connectivity index (χ0n) is 18.1. The number of fused-ring (bicyclic) bond motifs is 4. The predicted octanol–water partition coefficient (Wildman–Crippen LogP) is 3.98. The maximum absolute atomic E-state index is 13.4. The molecule has 1 aliphatic rings. The van der Waals surface area contributed by atoms with Crippen molar-refractivity contribution in [2.75, 3.05) is 5.75 Å². The predicted molar refractivity (Wildman–Crippen MR) is 129 cm³/mol. The van der Waals surface area contributed by atoms with Crippen molar-refractivity contribution < 1.29 is 4.79 Å².